The number of nitrogen functional groups attached to an aromatic ring is 1. The van der Waals surface area contributed by atoms with E-state index in [2.05, 4.69) is 15.3 Å². The van der Waals surface area contributed by atoms with Gasteiger partial charge in [-0.05, 0) is 59.7 Å². The highest BCUT2D eigenvalue weighted by Gasteiger charge is 2.19. The van der Waals surface area contributed by atoms with E-state index in [4.69, 9.17) is 15.7 Å². The van der Waals surface area contributed by atoms with Gasteiger partial charge in [-0.25, -0.2) is 15.0 Å². The lowest BCUT2D eigenvalue weighted by atomic mass is 10.0. The highest BCUT2D eigenvalue weighted by Crippen LogP contribution is 2.32. The van der Waals surface area contributed by atoms with Gasteiger partial charge in [0.05, 0.1) is 5.56 Å². The molecule has 0 spiro atoms. The van der Waals surface area contributed by atoms with Crippen LogP contribution < -0.4 is 11.1 Å². The molecular formula is C33H27N7O2. The maximum absolute atomic E-state index is 12.8. The first kappa shape index (κ1) is 26.5. The Hall–Kier alpha value is -5.70. The molecule has 9 nitrogen and oxygen atoms in total. The van der Waals surface area contributed by atoms with Crippen LogP contribution in [0.2, 0.25) is 0 Å². The zero-order valence-corrected chi connectivity index (χ0v) is 22.9. The molecule has 0 fully saturated rings. The molecule has 0 aliphatic heterocycles. The van der Waals surface area contributed by atoms with Crippen LogP contribution in [0.15, 0.2) is 104 Å². The van der Waals surface area contributed by atoms with Crippen molar-refractivity contribution in [1.82, 2.24) is 24.5 Å². The maximum Gasteiger partial charge on any atom is 0.221 e. The number of imidazole rings is 1. The van der Waals surface area contributed by atoms with Crippen molar-refractivity contribution >= 4 is 34.4 Å². The first-order chi connectivity index (χ1) is 20.4. The van der Waals surface area contributed by atoms with Crippen molar-refractivity contribution in [2.75, 3.05) is 11.1 Å². The van der Waals surface area contributed by atoms with Gasteiger partial charge >= 0.3 is 0 Å². The van der Waals surface area contributed by atoms with E-state index in [9.17, 15) is 9.59 Å². The summed E-state index contributed by atoms with van der Waals surface area (Å²) < 4.78 is 1.96. The van der Waals surface area contributed by atoms with E-state index in [-0.39, 0.29) is 11.7 Å². The Morgan fingerprint density at radius 2 is 1.55 bits per heavy atom. The predicted octanol–water partition coefficient (Wildman–Crippen LogP) is 5.44. The summed E-state index contributed by atoms with van der Waals surface area (Å²) in [6, 6.07) is 24.7. The number of amides is 1. The zero-order chi connectivity index (χ0) is 29.1. The number of nitrogens with one attached hydrogen (secondary N) is 1. The van der Waals surface area contributed by atoms with Crippen LogP contribution in [0.4, 0.5) is 11.5 Å². The number of aromatic nitrogens is 5. The van der Waals surface area contributed by atoms with Crippen LogP contribution in [-0.4, -0.2) is 36.2 Å². The van der Waals surface area contributed by atoms with E-state index < -0.39 is 0 Å². The molecule has 0 radical (unpaired) electrons. The topological polar surface area (TPSA) is 129 Å². The Morgan fingerprint density at radius 3 is 2.21 bits per heavy atom. The van der Waals surface area contributed by atoms with Gasteiger partial charge in [0.1, 0.15) is 17.1 Å². The number of carbonyl (C=O) groups is 2. The van der Waals surface area contributed by atoms with Gasteiger partial charge in [-0.1, -0.05) is 30.3 Å². The minimum absolute atomic E-state index is 0.0940. The van der Waals surface area contributed by atoms with E-state index in [1.807, 2.05) is 77.5 Å². The molecule has 0 aliphatic rings. The number of carbonyl (C=O) groups excluding carboxylic acids is 2. The van der Waals surface area contributed by atoms with Crippen LogP contribution in [0, 0.1) is 0 Å². The fraction of sp³-hybridized carbons (Fsp3) is 0.0909. The zero-order valence-electron chi connectivity index (χ0n) is 22.9. The standard InChI is InChI=1S/C33H27N7O2/c1-21(41)38-26-10-6-22(7-11-26)16-28(42)17-23-8-12-27(13-9-23)40-32(29-5-3-15-36-31(29)34)39-30-18-25(20-37-33(30)40)24-4-2-14-35-19-24/h2-15,18-20H,16-17H2,1H3,(H2,34,36)(H,38,41). The van der Waals surface area contributed by atoms with Gasteiger partial charge in [0.25, 0.3) is 0 Å². The lowest BCUT2D eigenvalue weighted by Crippen LogP contribution is -2.08. The summed E-state index contributed by atoms with van der Waals surface area (Å²) in [5.41, 5.74) is 13.5. The summed E-state index contributed by atoms with van der Waals surface area (Å²) in [4.78, 5) is 42.3. The summed E-state index contributed by atoms with van der Waals surface area (Å²) in [5, 5.41) is 2.73. The third kappa shape index (κ3) is 5.62. The molecule has 0 unspecified atom stereocenters. The molecule has 6 rings (SSSR count). The molecule has 0 saturated heterocycles. The van der Waals surface area contributed by atoms with Gasteiger partial charge in [0.2, 0.25) is 5.91 Å². The van der Waals surface area contributed by atoms with E-state index in [1.165, 1.54) is 6.92 Å². The number of nitrogens with two attached hydrogens (primary N) is 1. The van der Waals surface area contributed by atoms with Crippen molar-refractivity contribution in [3.05, 3.63) is 115 Å². The minimum atomic E-state index is -0.132. The number of fused-ring (bicyclic) bond motifs is 1. The maximum atomic E-state index is 12.8. The fourth-order valence-electron chi connectivity index (χ4n) is 4.88. The van der Waals surface area contributed by atoms with Gasteiger partial charge in [0, 0.05) is 67.1 Å². The Bertz CT molecular complexity index is 1900. The number of nitrogens with zero attached hydrogens (tertiary/aromatic N) is 5. The van der Waals surface area contributed by atoms with E-state index in [0.29, 0.717) is 46.9 Å². The molecule has 2 aromatic carbocycles. The van der Waals surface area contributed by atoms with Gasteiger partial charge < -0.3 is 11.1 Å². The Balaban J connectivity index is 1.29. The molecule has 0 aliphatic carbocycles. The number of pyridine rings is 3. The van der Waals surface area contributed by atoms with Crippen LogP contribution in [0.25, 0.3) is 39.4 Å². The van der Waals surface area contributed by atoms with Crippen molar-refractivity contribution in [3.63, 3.8) is 0 Å². The van der Waals surface area contributed by atoms with Gasteiger partial charge in [-0.2, -0.15) is 0 Å². The monoisotopic (exact) mass is 553 g/mol. The highest BCUT2D eigenvalue weighted by atomic mass is 16.1. The predicted molar refractivity (Wildman–Crippen MR) is 163 cm³/mol. The van der Waals surface area contributed by atoms with Crippen LogP contribution >= 0.6 is 0 Å². The highest BCUT2D eigenvalue weighted by molar-refractivity contribution is 5.89. The lowest BCUT2D eigenvalue weighted by Gasteiger charge is -2.11. The average molecular weight is 554 g/mol. The van der Waals surface area contributed by atoms with Crippen LogP contribution in [0.5, 0.6) is 0 Å². The molecule has 9 heteroatoms. The minimum Gasteiger partial charge on any atom is -0.383 e. The Kier molecular flexibility index (Phi) is 7.21. The average Bonchev–Trinajstić information content (AvgIpc) is 3.37. The largest absolute Gasteiger partial charge is 0.383 e. The van der Waals surface area contributed by atoms with Crippen molar-refractivity contribution in [1.29, 1.82) is 0 Å². The van der Waals surface area contributed by atoms with Crippen molar-refractivity contribution in [2.45, 2.75) is 19.8 Å². The van der Waals surface area contributed by atoms with Gasteiger partial charge in [0.15, 0.2) is 11.5 Å². The normalized spacial score (nSPS) is 11.0. The van der Waals surface area contributed by atoms with Crippen molar-refractivity contribution in [3.8, 4) is 28.2 Å². The number of ketones is 1. The second-order valence-corrected chi connectivity index (χ2v) is 9.95. The third-order valence-electron chi connectivity index (χ3n) is 6.84. The van der Waals surface area contributed by atoms with E-state index in [0.717, 1.165) is 27.9 Å². The molecular weight excluding hydrogens is 526 g/mol. The molecule has 4 aromatic heterocycles. The first-order valence-corrected chi connectivity index (χ1v) is 13.4. The number of hydrogen-bond acceptors (Lipinski definition) is 7. The number of anilines is 2. The van der Waals surface area contributed by atoms with Gasteiger partial charge in [-0.15, -0.1) is 0 Å². The number of Topliss-reactive ketones (excluding diaryl/α,β-unsaturated/α-hetero) is 1. The summed E-state index contributed by atoms with van der Waals surface area (Å²) in [6.07, 6.45) is 7.59. The fourth-order valence-corrected chi connectivity index (χ4v) is 4.88. The quantitative estimate of drug-likeness (QED) is 0.257. The molecule has 1 amide bonds. The summed E-state index contributed by atoms with van der Waals surface area (Å²) in [6.45, 7) is 1.46. The second-order valence-electron chi connectivity index (χ2n) is 9.95. The molecule has 0 atom stereocenters. The number of hydrogen-bond donors (Lipinski definition) is 2. The number of rotatable bonds is 8. The molecule has 0 saturated carbocycles. The Morgan fingerprint density at radius 1 is 0.833 bits per heavy atom. The van der Waals surface area contributed by atoms with Crippen LogP contribution in [0.1, 0.15) is 18.1 Å². The molecule has 0 bridgehead atoms. The first-order valence-electron chi connectivity index (χ1n) is 13.4. The third-order valence-corrected chi connectivity index (χ3v) is 6.84. The van der Waals surface area contributed by atoms with E-state index in [1.54, 1.807) is 30.7 Å². The lowest BCUT2D eigenvalue weighted by molar-refractivity contribution is -0.118. The van der Waals surface area contributed by atoms with Crippen LogP contribution in [-0.2, 0) is 22.4 Å². The molecule has 206 valence electrons. The summed E-state index contributed by atoms with van der Waals surface area (Å²) >= 11 is 0. The van der Waals surface area contributed by atoms with Crippen molar-refractivity contribution < 1.29 is 9.59 Å². The molecule has 4 heterocycles. The van der Waals surface area contributed by atoms with E-state index >= 15 is 0 Å². The molecule has 6 aromatic rings. The molecule has 3 N–H and O–H groups in total. The van der Waals surface area contributed by atoms with Crippen molar-refractivity contribution in [2.24, 2.45) is 0 Å². The Labute approximate surface area is 242 Å². The number of benzene rings is 2. The summed E-state index contributed by atoms with van der Waals surface area (Å²) in [5.74, 6) is 0.954. The smallest absolute Gasteiger partial charge is 0.221 e. The van der Waals surface area contributed by atoms with Gasteiger partial charge in [-0.3, -0.25) is 19.1 Å². The van der Waals surface area contributed by atoms with Crippen LogP contribution in [0.3, 0.4) is 0 Å². The molecule has 42 heavy (non-hydrogen) atoms. The second kappa shape index (κ2) is 11.4. The summed E-state index contributed by atoms with van der Waals surface area (Å²) in [7, 11) is 0. The SMILES string of the molecule is CC(=O)Nc1ccc(CC(=O)Cc2ccc(-n3c(-c4cccnc4N)nc4cc(-c5cccnc5)cnc43)cc2)cc1.